The molecule has 0 saturated heterocycles. The average molecular weight is 316 g/mol. The van der Waals surface area contributed by atoms with Crippen molar-refractivity contribution in [3.05, 3.63) is 41.0 Å². The number of H-pyrrole nitrogens is 1. The van der Waals surface area contributed by atoms with Crippen LogP contribution < -0.4 is 10.6 Å². The summed E-state index contributed by atoms with van der Waals surface area (Å²) >= 11 is 1.40. The van der Waals surface area contributed by atoms with Crippen LogP contribution >= 0.6 is 11.3 Å². The number of anilines is 1. The van der Waals surface area contributed by atoms with Crippen LogP contribution in [0.1, 0.15) is 11.3 Å². The Bertz CT molecular complexity index is 824. The van der Waals surface area contributed by atoms with Crippen molar-refractivity contribution in [2.24, 2.45) is 5.73 Å². The van der Waals surface area contributed by atoms with Crippen LogP contribution in [0, 0.1) is 0 Å². The Morgan fingerprint density at radius 2 is 2.27 bits per heavy atom. The molecule has 3 aromatic rings. The van der Waals surface area contributed by atoms with Crippen LogP contribution in [0.5, 0.6) is 5.75 Å². The van der Waals surface area contributed by atoms with Crippen LogP contribution in [0.25, 0.3) is 10.9 Å². The normalized spacial score (nSPS) is 11.0. The highest BCUT2D eigenvalue weighted by Crippen LogP contribution is 2.25. The molecular weight excluding hydrogens is 300 g/mol. The van der Waals surface area contributed by atoms with Crippen molar-refractivity contribution in [3.63, 3.8) is 0 Å². The number of nitrogens with two attached hydrogens (primary N) is 1. The van der Waals surface area contributed by atoms with Gasteiger partial charge in [-0.05, 0) is 36.6 Å². The molecule has 3 rings (SSSR count). The molecule has 22 heavy (non-hydrogen) atoms. The lowest BCUT2D eigenvalue weighted by Gasteiger charge is -2.08. The number of fused-ring (bicyclic) bond motifs is 1. The number of urea groups is 1. The smallest absolute Gasteiger partial charge is 0.320 e. The number of hydrogen-bond donors (Lipinski definition) is 3. The molecule has 2 aromatic heterocycles. The van der Waals surface area contributed by atoms with Crippen molar-refractivity contribution in [1.82, 2.24) is 9.97 Å². The summed E-state index contributed by atoms with van der Waals surface area (Å²) in [5, 5.41) is 13.1. The first kappa shape index (κ1) is 14.4. The standard InChI is InChI=1S/C15H16N4O2S/c1-19(14(16)21)15-18-10(8-22-15)3-2-9-7-17-13-5-4-11(20)6-12(9)13/h4-8,17,20H,2-3H2,1H3,(H2,16,21). The van der Waals surface area contributed by atoms with Gasteiger partial charge in [-0.15, -0.1) is 11.3 Å². The fraction of sp³-hybridized carbons (Fsp3) is 0.200. The maximum absolute atomic E-state index is 11.1. The van der Waals surface area contributed by atoms with Crippen LogP contribution in [0.2, 0.25) is 0 Å². The number of thiazole rings is 1. The number of benzene rings is 1. The van der Waals surface area contributed by atoms with E-state index >= 15 is 0 Å². The highest BCUT2D eigenvalue weighted by molar-refractivity contribution is 7.14. The molecule has 0 unspecified atom stereocenters. The number of primary amides is 1. The lowest BCUT2D eigenvalue weighted by molar-refractivity contribution is 0.255. The zero-order chi connectivity index (χ0) is 15.7. The van der Waals surface area contributed by atoms with Crippen molar-refractivity contribution < 1.29 is 9.90 Å². The second-order valence-corrected chi connectivity index (χ2v) is 5.90. The van der Waals surface area contributed by atoms with E-state index in [1.54, 1.807) is 19.2 Å². The number of amides is 2. The Kier molecular flexibility index (Phi) is 3.72. The van der Waals surface area contributed by atoms with E-state index in [9.17, 15) is 9.90 Å². The summed E-state index contributed by atoms with van der Waals surface area (Å²) in [5.74, 6) is 0.257. The van der Waals surface area contributed by atoms with E-state index in [4.69, 9.17) is 5.73 Å². The highest BCUT2D eigenvalue weighted by Gasteiger charge is 2.12. The van der Waals surface area contributed by atoms with E-state index in [-0.39, 0.29) is 5.75 Å². The molecular formula is C15H16N4O2S. The van der Waals surface area contributed by atoms with Gasteiger partial charge in [0.05, 0.1) is 5.69 Å². The van der Waals surface area contributed by atoms with Crippen molar-refractivity contribution in [1.29, 1.82) is 0 Å². The van der Waals surface area contributed by atoms with Crippen LogP contribution in [-0.2, 0) is 12.8 Å². The van der Waals surface area contributed by atoms with Gasteiger partial charge >= 0.3 is 6.03 Å². The number of hydrogen-bond acceptors (Lipinski definition) is 4. The van der Waals surface area contributed by atoms with Crippen LogP contribution in [0.15, 0.2) is 29.8 Å². The summed E-state index contributed by atoms with van der Waals surface area (Å²) in [6.07, 6.45) is 3.51. The molecule has 0 bridgehead atoms. The number of nitrogens with one attached hydrogen (secondary N) is 1. The summed E-state index contributed by atoms with van der Waals surface area (Å²) in [6, 6.07) is 4.76. The predicted octanol–water partition coefficient (Wildman–Crippen LogP) is 2.63. The Morgan fingerprint density at radius 3 is 3.05 bits per heavy atom. The number of aromatic amines is 1. The molecule has 1 aromatic carbocycles. The summed E-state index contributed by atoms with van der Waals surface area (Å²) in [5.41, 5.74) is 8.28. The van der Waals surface area contributed by atoms with Crippen molar-refractivity contribution in [2.45, 2.75) is 12.8 Å². The molecule has 7 heteroatoms. The fourth-order valence-electron chi connectivity index (χ4n) is 2.30. The van der Waals surface area contributed by atoms with E-state index < -0.39 is 6.03 Å². The molecule has 0 aliphatic carbocycles. The average Bonchev–Trinajstić information content (AvgIpc) is 3.10. The van der Waals surface area contributed by atoms with Gasteiger partial charge in [-0.3, -0.25) is 4.90 Å². The lowest BCUT2D eigenvalue weighted by atomic mass is 10.1. The zero-order valence-corrected chi connectivity index (χ0v) is 12.9. The number of nitrogens with zero attached hydrogens (tertiary/aromatic N) is 2. The number of carbonyl (C=O) groups excluding carboxylic acids is 1. The molecule has 0 aliphatic rings. The monoisotopic (exact) mass is 316 g/mol. The molecule has 114 valence electrons. The van der Waals surface area contributed by atoms with Crippen LogP contribution in [0.3, 0.4) is 0 Å². The van der Waals surface area contributed by atoms with Crippen molar-refractivity contribution in [3.8, 4) is 5.75 Å². The number of aromatic hydroxyl groups is 1. The van der Waals surface area contributed by atoms with Crippen molar-refractivity contribution >= 4 is 33.4 Å². The minimum atomic E-state index is -0.520. The third kappa shape index (κ3) is 2.75. The molecule has 2 heterocycles. The second-order valence-electron chi connectivity index (χ2n) is 5.06. The topological polar surface area (TPSA) is 95.2 Å². The number of phenols is 1. The molecule has 0 aliphatic heterocycles. The largest absolute Gasteiger partial charge is 0.508 e. The van der Waals surface area contributed by atoms with Gasteiger partial charge in [0.15, 0.2) is 5.13 Å². The van der Waals surface area contributed by atoms with Crippen LogP contribution in [-0.4, -0.2) is 28.2 Å². The molecule has 0 radical (unpaired) electrons. The summed E-state index contributed by atoms with van der Waals surface area (Å²) < 4.78 is 0. The SMILES string of the molecule is CN(C(N)=O)c1nc(CCc2c[nH]c3ccc(O)cc23)cs1. The van der Waals surface area contributed by atoms with E-state index in [2.05, 4.69) is 9.97 Å². The summed E-state index contributed by atoms with van der Waals surface area (Å²) in [4.78, 5) is 20.1. The number of phenolic OH excluding ortho intramolecular Hbond substituents is 1. The fourth-order valence-corrected chi connectivity index (χ4v) is 3.13. The molecule has 0 fully saturated rings. The molecule has 4 N–H and O–H groups in total. The quantitative estimate of drug-likeness (QED) is 0.690. The first-order chi connectivity index (χ1) is 10.5. The van der Waals surface area contributed by atoms with Crippen molar-refractivity contribution in [2.75, 3.05) is 11.9 Å². The maximum atomic E-state index is 11.1. The Labute approximate surface area is 131 Å². The first-order valence-electron chi connectivity index (χ1n) is 6.81. The Morgan fingerprint density at radius 1 is 1.45 bits per heavy atom. The number of rotatable bonds is 4. The number of aromatic nitrogens is 2. The van der Waals surface area contributed by atoms with E-state index in [0.717, 1.165) is 35.0 Å². The van der Waals surface area contributed by atoms with E-state index in [1.807, 2.05) is 17.6 Å². The predicted molar refractivity (Wildman–Crippen MR) is 87.5 cm³/mol. The van der Waals surface area contributed by atoms with Crippen LogP contribution in [0.4, 0.5) is 9.93 Å². The minimum absolute atomic E-state index is 0.257. The third-order valence-corrected chi connectivity index (χ3v) is 4.52. The maximum Gasteiger partial charge on any atom is 0.320 e. The summed E-state index contributed by atoms with van der Waals surface area (Å²) in [6.45, 7) is 0. The molecule has 2 amide bonds. The number of carbonyl (C=O) groups is 1. The van der Waals surface area contributed by atoms with Gasteiger partial charge in [-0.25, -0.2) is 9.78 Å². The molecule has 0 spiro atoms. The molecule has 0 atom stereocenters. The molecule has 6 nitrogen and oxygen atoms in total. The van der Waals surface area contributed by atoms with Gasteiger partial charge in [0, 0.05) is 29.5 Å². The van der Waals surface area contributed by atoms with Gasteiger partial charge in [-0.2, -0.15) is 0 Å². The van der Waals surface area contributed by atoms with Gasteiger partial charge in [0.25, 0.3) is 0 Å². The van der Waals surface area contributed by atoms with Gasteiger partial charge in [0.1, 0.15) is 5.75 Å². The van der Waals surface area contributed by atoms with Gasteiger partial charge in [-0.1, -0.05) is 0 Å². The first-order valence-corrected chi connectivity index (χ1v) is 7.69. The van der Waals surface area contributed by atoms with Gasteiger partial charge in [0.2, 0.25) is 0 Å². The lowest BCUT2D eigenvalue weighted by Crippen LogP contribution is -2.31. The minimum Gasteiger partial charge on any atom is -0.508 e. The second kappa shape index (κ2) is 5.69. The summed E-state index contributed by atoms with van der Waals surface area (Å²) in [7, 11) is 1.60. The third-order valence-electron chi connectivity index (χ3n) is 3.56. The zero-order valence-electron chi connectivity index (χ0n) is 12.0. The molecule has 0 saturated carbocycles. The highest BCUT2D eigenvalue weighted by atomic mass is 32.1. The Hall–Kier alpha value is -2.54. The van der Waals surface area contributed by atoms with Gasteiger partial charge < -0.3 is 15.8 Å². The van der Waals surface area contributed by atoms with E-state index in [1.165, 1.54) is 16.2 Å². The van der Waals surface area contributed by atoms with E-state index in [0.29, 0.717) is 5.13 Å². The number of aryl methyl sites for hydroxylation is 2. The Balaban J connectivity index is 1.74.